The molecule has 0 heteroatoms. The quantitative estimate of drug-likeness (QED) is 0.303. The summed E-state index contributed by atoms with van der Waals surface area (Å²) in [5.74, 6) is 0. The first-order chi connectivity index (χ1) is 7.41. The van der Waals surface area contributed by atoms with Gasteiger partial charge in [-0.2, -0.15) is 0 Å². The van der Waals surface area contributed by atoms with E-state index in [0.717, 1.165) is 6.42 Å². The van der Waals surface area contributed by atoms with Gasteiger partial charge in [-0.05, 0) is 19.3 Å². The fourth-order valence-corrected chi connectivity index (χ4v) is 1.78. The summed E-state index contributed by atoms with van der Waals surface area (Å²) in [6.07, 6.45) is 19.4. The molecule has 0 heterocycles. The van der Waals surface area contributed by atoms with Crippen LogP contribution >= 0.6 is 0 Å². The van der Waals surface area contributed by atoms with Crippen LogP contribution in [0, 0.1) is 6.92 Å². The molecule has 0 aliphatic carbocycles. The number of rotatable bonds is 11. The lowest BCUT2D eigenvalue weighted by atomic mass is 10.1. The van der Waals surface area contributed by atoms with Crippen molar-refractivity contribution in [1.29, 1.82) is 0 Å². The van der Waals surface area contributed by atoms with E-state index in [9.17, 15) is 0 Å². The Hall–Kier alpha value is -0.260. The zero-order chi connectivity index (χ0) is 11.2. The second-order valence-electron chi connectivity index (χ2n) is 4.35. The van der Waals surface area contributed by atoms with Gasteiger partial charge in [0, 0.05) is 0 Å². The maximum absolute atomic E-state index is 3.86. The van der Waals surface area contributed by atoms with E-state index in [2.05, 4.69) is 26.0 Å². The Balaban J connectivity index is 2.89. The molecule has 1 radical (unpaired) electrons. The Morgan fingerprint density at radius 3 is 1.80 bits per heavy atom. The van der Waals surface area contributed by atoms with Crippen molar-refractivity contribution in [2.45, 2.75) is 77.6 Å². The van der Waals surface area contributed by atoms with Crippen LogP contribution in [0.25, 0.3) is 0 Å². The minimum Gasteiger partial charge on any atom is -0.0888 e. The van der Waals surface area contributed by atoms with Crippen LogP contribution in [-0.2, 0) is 0 Å². The van der Waals surface area contributed by atoms with Gasteiger partial charge in [0.1, 0.15) is 0 Å². The van der Waals surface area contributed by atoms with Crippen LogP contribution < -0.4 is 0 Å². The molecule has 0 nitrogen and oxygen atoms in total. The highest BCUT2D eigenvalue weighted by molar-refractivity contribution is 4.79. The zero-order valence-corrected chi connectivity index (χ0v) is 10.6. The SMILES string of the molecule is [CH2]CCCCCCCCCC/C=C/CC. The predicted molar refractivity (Wildman–Crippen MR) is 71.0 cm³/mol. The Morgan fingerprint density at radius 2 is 1.27 bits per heavy atom. The Bertz CT molecular complexity index is 124. The highest BCUT2D eigenvalue weighted by atomic mass is 14.0. The Morgan fingerprint density at radius 1 is 0.733 bits per heavy atom. The summed E-state index contributed by atoms with van der Waals surface area (Å²) >= 11 is 0. The predicted octanol–water partition coefficient (Wildman–Crippen LogP) is 5.69. The van der Waals surface area contributed by atoms with Crippen molar-refractivity contribution in [2.75, 3.05) is 0 Å². The van der Waals surface area contributed by atoms with E-state index in [4.69, 9.17) is 0 Å². The van der Waals surface area contributed by atoms with Gasteiger partial charge in [-0.25, -0.2) is 0 Å². The van der Waals surface area contributed by atoms with Gasteiger partial charge in [0.15, 0.2) is 0 Å². The molecule has 0 bridgehead atoms. The lowest BCUT2D eigenvalue weighted by molar-refractivity contribution is 0.571. The highest BCUT2D eigenvalue weighted by Crippen LogP contribution is 2.10. The molecule has 0 aliphatic rings. The Kier molecular flexibility index (Phi) is 13.5. The van der Waals surface area contributed by atoms with Crippen LogP contribution in [0.1, 0.15) is 77.6 Å². The fourth-order valence-electron chi connectivity index (χ4n) is 1.78. The molecule has 0 aliphatic heterocycles. The third-order valence-corrected chi connectivity index (χ3v) is 2.77. The highest BCUT2D eigenvalue weighted by Gasteiger charge is 1.90. The van der Waals surface area contributed by atoms with Crippen LogP contribution in [0.15, 0.2) is 12.2 Å². The summed E-state index contributed by atoms with van der Waals surface area (Å²) in [5.41, 5.74) is 0. The number of unbranched alkanes of at least 4 members (excludes halogenated alkanes) is 9. The van der Waals surface area contributed by atoms with E-state index in [1.807, 2.05) is 0 Å². The molecule has 0 unspecified atom stereocenters. The topological polar surface area (TPSA) is 0 Å². The van der Waals surface area contributed by atoms with Crippen LogP contribution in [0.3, 0.4) is 0 Å². The third-order valence-electron chi connectivity index (χ3n) is 2.77. The number of hydrogen-bond donors (Lipinski definition) is 0. The monoisotopic (exact) mass is 209 g/mol. The van der Waals surface area contributed by atoms with Crippen LogP contribution in [0.2, 0.25) is 0 Å². The summed E-state index contributed by atoms with van der Waals surface area (Å²) in [7, 11) is 0. The largest absolute Gasteiger partial charge is 0.0888 e. The van der Waals surface area contributed by atoms with E-state index in [-0.39, 0.29) is 0 Å². The van der Waals surface area contributed by atoms with E-state index in [1.165, 1.54) is 64.2 Å². The van der Waals surface area contributed by atoms with Crippen molar-refractivity contribution in [3.8, 4) is 0 Å². The van der Waals surface area contributed by atoms with Gasteiger partial charge < -0.3 is 0 Å². The lowest BCUT2D eigenvalue weighted by Gasteiger charge is -2.00. The molecule has 0 saturated carbocycles. The summed E-state index contributed by atoms with van der Waals surface area (Å²) in [4.78, 5) is 0. The number of hydrogen-bond acceptors (Lipinski definition) is 0. The van der Waals surface area contributed by atoms with Gasteiger partial charge in [0.2, 0.25) is 0 Å². The molecule has 0 fully saturated rings. The molecule has 0 N–H and O–H groups in total. The summed E-state index contributed by atoms with van der Waals surface area (Å²) in [6, 6.07) is 0. The van der Waals surface area contributed by atoms with Gasteiger partial charge in [0.25, 0.3) is 0 Å². The van der Waals surface area contributed by atoms with Gasteiger partial charge in [-0.1, -0.05) is 77.4 Å². The molecular formula is C15H29. The molecule has 0 spiro atoms. The molecule has 0 atom stereocenters. The lowest BCUT2D eigenvalue weighted by Crippen LogP contribution is -1.80. The van der Waals surface area contributed by atoms with E-state index in [1.54, 1.807) is 0 Å². The first kappa shape index (κ1) is 14.7. The van der Waals surface area contributed by atoms with E-state index < -0.39 is 0 Å². The average Bonchev–Trinajstić information content (AvgIpc) is 2.26. The number of allylic oxidation sites excluding steroid dienone is 2. The van der Waals surface area contributed by atoms with Crippen LogP contribution in [0.4, 0.5) is 0 Å². The molecular weight excluding hydrogens is 180 g/mol. The van der Waals surface area contributed by atoms with Gasteiger partial charge in [-0.15, -0.1) is 0 Å². The minimum atomic E-state index is 1.11. The van der Waals surface area contributed by atoms with Crippen molar-refractivity contribution in [3.05, 3.63) is 19.1 Å². The molecule has 0 rings (SSSR count). The summed E-state index contributed by atoms with van der Waals surface area (Å²) < 4.78 is 0. The van der Waals surface area contributed by atoms with E-state index in [0.29, 0.717) is 0 Å². The van der Waals surface area contributed by atoms with Crippen molar-refractivity contribution in [2.24, 2.45) is 0 Å². The smallest absolute Gasteiger partial charge is 0.0351 e. The summed E-state index contributed by atoms with van der Waals surface area (Å²) in [6.45, 7) is 6.06. The molecule has 89 valence electrons. The van der Waals surface area contributed by atoms with Crippen molar-refractivity contribution in [1.82, 2.24) is 0 Å². The molecule has 0 amide bonds. The van der Waals surface area contributed by atoms with Crippen molar-refractivity contribution in [3.63, 3.8) is 0 Å². The van der Waals surface area contributed by atoms with Crippen molar-refractivity contribution >= 4 is 0 Å². The van der Waals surface area contributed by atoms with Crippen LogP contribution in [-0.4, -0.2) is 0 Å². The molecule has 0 aromatic heterocycles. The van der Waals surface area contributed by atoms with E-state index >= 15 is 0 Å². The molecule has 0 saturated heterocycles. The average molecular weight is 209 g/mol. The first-order valence-corrected chi connectivity index (χ1v) is 6.86. The standard InChI is InChI=1S/C15H29/c1-3-5-7-9-11-13-15-14-12-10-8-6-4-2/h6,8H,1,3-5,7,9-15H2,2H3/b8-6+. The van der Waals surface area contributed by atoms with Gasteiger partial charge in [-0.3, -0.25) is 0 Å². The Labute approximate surface area is 97.2 Å². The van der Waals surface area contributed by atoms with Crippen LogP contribution in [0.5, 0.6) is 0 Å². The zero-order valence-electron chi connectivity index (χ0n) is 10.6. The first-order valence-electron chi connectivity index (χ1n) is 6.86. The van der Waals surface area contributed by atoms with Crippen molar-refractivity contribution < 1.29 is 0 Å². The molecule has 15 heavy (non-hydrogen) atoms. The second-order valence-corrected chi connectivity index (χ2v) is 4.35. The second kappa shape index (κ2) is 13.7. The van der Waals surface area contributed by atoms with Gasteiger partial charge in [0.05, 0.1) is 0 Å². The molecule has 0 aromatic carbocycles. The maximum atomic E-state index is 3.86. The fraction of sp³-hybridized carbons (Fsp3) is 0.800. The molecule has 0 aromatic rings. The third kappa shape index (κ3) is 13.7. The van der Waals surface area contributed by atoms with Gasteiger partial charge >= 0.3 is 0 Å². The minimum absolute atomic E-state index is 1.11. The maximum Gasteiger partial charge on any atom is -0.0351 e. The summed E-state index contributed by atoms with van der Waals surface area (Å²) in [5, 5.41) is 0. The normalized spacial score (nSPS) is 11.3.